The Morgan fingerprint density at radius 3 is 2.80 bits per heavy atom. The molecule has 1 heterocycles. The van der Waals surface area contributed by atoms with E-state index in [1.54, 1.807) is 0 Å². The average Bonchev–Trinajstić information content (AvgIpc) is 2.58. The number of hydrogen-bond donors (Lipinski definition) is 1. The molecule has 3 atom stereocenters. The van der Waals surface area contributed by atoms with Crippen LogP contribution in [0.5, 0.6) is 0 Å². The molecule has 0 radical (unpaired) electrons. The Bertz CT molecular complexity index is 228. The van der Waals surface area contributed by atoms with E-state index in [1.165, 1.54) is 6.42 Å². The van der Waals surface area contributed by atoms with Gasteiger partial charge < -0.3 is 15.0 Å². The Balaban J connectivity index is 1.82. The minimum atomic E-state index is 0.327. The zero-order chi connectivity index (χ0) is 11.1. The standard InChI is InChI=1S/C12H24N2O/c1-12(2)10(13-6-7-14(3)4)9-5-8-15-11(9)12/h9-11,13H,5-8H2,1-4H3. The second kappa shape index (κ2) is 4.04. The van der Waals surface area contributed by atoms with Gasteiger partial charge in [-0.3, -0.25) is 0 Å². The maximum atomic E-state index is 5.77. The Labute approximate surface area is 93.2 Å². The van der Waals surface area contributed by atoms with Crippen molar-refractivity contribution in [1.29, 1.82) is 0 Å². The van der Waals surface area contributed by atoms with E-state index in [2.05, 4.69) is 38.2 Å². The molecule has 0 spiro atoms. The topological polar surface area (TPSA) is 24.5 Å². The molecule has 88 valence electrons. The van der Waals surface area contributed by atoms with Crippen LogP contribution in [0.3, 0.4) is 0 Å². The molecule has 3 heteroatoms. The van der Waals surface area contributed by atoms with Gasteiger partial charge in [-0.15, -0.1) is 0 Å². The number of rotatable bonds is 4. The van der Waals surface area contributed by atoms with Crippen LogP contribution in [0, 0.1) is 11.3 Å². The SMILES string of the molecule is CN(C)CCNC1C2CCOC2C1(C)C. The fourth-order valence-electron chi connectivity index (χ4n) is 3.18. The highest BCUT2D eigenvalue weighted by atomic mass is 16.5. The van der Waals surface area contributed by atoms with Crippen molar-refractivity contribution in [2.24, 2.45) is 11.3 Å². The van der Waals surface area contributed by atoms with Crippen LogP contribution < -0.4 is 5.32 Å². The summed E-state index contributed by atoms with van der Waals surface area (Å²) in [5.74, 6) is 0.766. The Hall–Kier alpha value is -0.120. The van der Waals surface area contributed by atoms with Crippen molar-refractivity contribution in [3.63, 3.8) is 0 Å². The predicted octanol–water partition coefficient (Wildman–Crippen LogP) is 0.951. The largest absolute Gasteiger partial charge is 0.377 e. The van der Waals surface area contributed by atoms with Crippen molar-refractivity contribution in [3.8, 4) is 0 Å². The second-order valence-corrected chi connectivity index (χ2v) is 5.80. The second-order valence-electron chi connectivity index (χ2n) is 5.80. The quantitative estimate of drug-likeness (QED) is 0.751. The van der Waals surface area contributed by atoms with Crippen molar-refractivity contribution in [1.82, 2.24) is 10.2 Å². The first kappa shape index (κ1) is 11.4. The first-order valence-corrected chi connectivity index (χ1v) is 6.03. The lowest BCUT2D eigenvalue weighted by molar-refractivity contribution is -0.112. The van der Waals surface area contributed by atoms with E-state index in [0.29, 0.717) is 17.6 Å². The number of ether oxygens (including phenoxy) is 1. The molecular formula is C12H24N2O. The van der Waals surface area contributed by atoms with E-state index in [1.807, 2.05) is 0 Å². The molecule has 1 aliphatic carbocycles. The van der Waals surface area contributed by atoms with Crippen molar-refractivity contribution in [3.05, 3.63) is 0 Å². The van der Waals surface area contributed by atoms with Gasteiger partial charge >= 0.3 is 0 Å². The van der Waals surface area contributed by atoms with Crippen LogP contribution in [-0.2, 0) is 4.74 Å². The Morgan fingerprint density at radius 2 is 2.13 bits per heavy atom. The third-order valence-electron chi connectivity index (χ3n) is 4.02. The number of nitrogens with zero attached hydrogens (tertiary/aromatic N) is 1. The van der Waals surface area contributed by atoms with Crippen molar-refractivity contribution in [2.45, 2.75) is 32.4 Å². The van der Waals surface area contributed by atoms with Crippen LogP contribution in [-0.4, -0.2) is 50.8 Å². The molecule has 1 N–H and O–H groups in total. The molecule has 15 heavy (non-hydrogen) atoms. The number of hydrogen-bond acceptors (Lipinski definition) is 3. The van der Waals surface area contributed by atoms with Gasteiger partial charge in [0.15, 0.2) is 0 Å². The first-order chi connectivity index (χ1) is 7.03. The summed E-state index contributed by atoms with van der Waals surface area (Å²) >= 11 is 0. The van der Waals surface area contributed by atoms with Gasteiger partial charge in [0.05, 0.1) is 6.10 Å². The third-order valence-corrected chi connectivity index (χ3v) is 4.02. The van der Waals surface area contributed by atoms with Gasteiger partial charge in [-0.2, -0.15) is 0 Å². The molecule has 3 unspecified atom stereocenters. The molecule has 2 aliphatic rings. The summed E-state index contributed by atoms with van der Waals surface area (Å²) in [6.45, 7) is 7.82. The van der Waals surface area contributed by atoms with E-state index < -0.39 is 0 Å². The van der Waals surface area contributed by atoms with E-state index >= 15 is 0 Å². The van der Waals surface area contributed by atoms with Crippen molar-refractivity contribution < 1.29 is 4.74 Å². The first-order valence-electron chi connectivity index (χ1n) is 6.03. The highest BCUT2D eigenvalue weighted by molar-refractivity contribution is 5.11. The molecule has 2 fully saturated rings. The average molecular weight is 212 g/mol. The van der Waals surface area contributed by atoms with Crippen LogP contribution in [0.2, 0.25) is 0 Å². The lowest BCUT2D eigenvalue weighted by atomic mass is 9.57. The normalized spacial score (nSPS) is 37.8. The van der Waals surface area contributed by atoms with Crippen LogP contribution in [0.1, 0.15) is 20.3 Å². The fraction of sp³-hybridized carbons (Fsp3) is 1.00. The molecule has 2 rings (SSSR count). The smallest absolute Gasteiger partial charge is 0.0685 e. The molecule has 1 aliphatic heterocycles. The summed E-state index contributed by atoms with van der Waals surface area (Å²) in [7, 11) is 4.24. The Morgan fingerprint density at radius 1 is 1.40 bits per heavy atom. The summed E-state index contributed by atoms with van der Waals surface area (Å²) in [6, 6.07) is 0.657. The van der Waals surface area contributed by atoms with Gasteiger partial charge in [-0.05, 0) is 20.5 Å². The lowest BCUT2D eigenvalue weighted by Crippen LogP contribution is -2.66. The van der Waals surface area contributed by atoms with Crippen LogP contribution in [0.15, 0.2) is 0 Å². The van der Waals surface area contributed by atoms with E-state index in [9.17, 15) is 0 Å². The zero-order valence-electron chi connectivity index (χ0n) is 10.4. The van der Waals surface area contributed by atoms with Gasteiger partial charge in [-0.25, -0.2) is 0 Å². The molecule has 0 aromatic carbocycles. The van der Waals surface area contributed by atoms with Gasteiger partial charge in [0.25, 0.3) is 0 Å². The monoisotopic (exact) mass is 212 g/mol. The van der Waals surface area contributed by atoms with Crippen molar-refractivity contribution >= 4 is 0 Å². The third kappa shape index (κ3) is 1.93. The molecule has 0 aromatic rings. The molecular weight excluding hydrogens is 188 g/mol. The highest BCUT2D eigenvalue weighted by Gasteiger charge is 2.58. The van der Waals surface area contributed by atoms with Crippen LogP contribution in [0.25, 0.3) is 0 Å². The highest BCUT2D eigenvalue weighted by Crippen LogP contribution is 2.51. The minimum Gasteiger partial charge on any atom is -0.377 e. The van der Waals surface area contributed by atoms with Gasteiger partial charge in [0, 0.05) is 37.1 Å². The van der Waals surface area contributed by atoms with Crippen molar-refractivity contribution in [2.75, 3.05) is 33.8 Å². The molecule has 0 bridgehead atoms. The molecule has 1 saturated carbocycles. The lowest BCUT2D eigenvalue weighted by Gasteiger charge is -2.55. The predicted molar refractivity (Wildman–Crippen MR) is 62.0 cm³/mol. The van der Waals surface area contributed by atoms with Gasteiger partial charge in [0.1, 0.15) is 0 Å². The van der Waals surface area contributed by atoms with Gasteiger partial charge in [-0.1, -0.05) is 13.8 Å². The van der Waals surface area contributed by atoms with E-state index in [0.717, 1.165) is 25.6 Å². The number of nitrogens with one attached hydrogen (secondary N) is 1. The maximum absolute atomic E-state index is 5.77. The zero-order valence-corrected chi connectivity index (χ0v) is 10.4. The maximum Gasteiger partial charge on any atom is 0.0685 e. The van der Waals surface area contributed by atoms with E-state index in [-0.39, 0.29) is 0 Å². The Kier molecular flexibility index (Phi) is 3.06. The molecule has 0 amide bonds. The summed E-state index contributed by atoms with van der Waals surface area (Å²) in [4.78, 5) is 2.22. The fourth-order valence-corrected chi connectivity index (χ4v) is 3.18. The van der Waals surface area contributed by atoms with E-state index in [4.69, 9.17) is 4.74 Å². The molecule has 1 saturated heterocycles. The molecule has 3 nitrogen and oxygen atoms in total. The summed E-state index contributed by atoms with van der Waals surface area (Å²) in [6.07, 6.45) is 1.75. The summed E-state index contributed by atoms with van der Waals surface area (Å²) in [5.41, 5.74) is 0.327. The summed E-state index contributed by atoms with van der Waals surface area (Å²) in [5, 5.41) is 3.69. The number of fused-ring (bicyclic) bond motifs is 1. The summed E-state index contributed by atoms with van der Waals surface area (Å²) < 4.78 is 5.77. The molecule has 0 aromatic heterocycles. The number of likely N-dealkylation sites (N-methyl/N-ethyl adjacent to an activating group) is 1. The minimum absolute atomic E-state index is 0.327. The van der Waals surface area contributed by atoms with Gasteiger partial charge in [0.2, 0.25) is 0 Å². The van der Waals surface area contributed by atoms with Crippen LogP contribution >= 0.6 is 0 Å². The van der Waals surface area contributed by atoms with Crippen LogP contribution in [0.4, 0.5) is 0 Å².